The molecule has 0 saturated carbocycles. The quantitative estimate of drug-likeness (QED) is 0.887. The molecule has 4 nitrogen and oxygen atoms in total. The first kappa shape index (κ1) is 14.6. The summed E-state index contributed by atoms with van der Waals surface area (Å²) in [6, 6.07) is 2.93. The van der Waals surface area contributed by atoms with E-state index in [2.05, 4.69) is 0 Å². The summed E-state index contributed by atoms with van der Waals surface area (Å²) < 4.78 is 38.1. The smallest absolute Gasteiger partial charge is 0.368 e. The zero-order chi connectivity index (χ0) is 14.9. The first-order valence-corrected chi connectivity index (χ1v) is 6.30. The summed E-state index contributed by atoms with van der Waals surface area (Å²) in [5.41, 5.74) is 11.1. The van der Waals surface area contributed by atoms with E-state index in [4.69, 9.17) is 11.5 Å². The fourth-order valence-corrected chi connectivity index (χ4v) is 2.56. The van der Waals surface area contributed by atoms with Crippen LogP contribution < -0.4 is 16.4 Å². The highest BCUT2D eigenvalue weighted by Gasteiger charge is 2.33. The van der Waals surface area contributed by atoms with Crippen LogP contribution in [0.4, 0.5) is 18.9 Å². The van der Waals surface area contributed by atoms with Crippen molar-refractivity contribution in [2.75, 3.05) is 11.4 Å². The fraction of sp³-hybridized carbons (Fsp3) is 0.462. The molecule has 4 N–H and O–H groups in total. The number of rotatable bonds is 3. The molecule has 1 fully saturated rings. The van der Waals surface area contributed by atoms with Gasteiger partial charge in [0.05, 0.1) is 5.56 Å². The van der Waals surface area contributed by atoms with Gasteiger partial charge in [-0.15, -0.1) is 0 Å². The highest BCUT2D eigenvalue weighted by atomic mass is 19.4. The number of halogens is 3. The van der Waals surface area contributed by atoms with Crippen molar-refractivity contribution in [3.63, 3.8) is 0 Å². The molecule has 0 aliphatic carbocycles. The number of hydrogen-bond acceptors (Lipinski definition) is 3. The van der Waals surface area contributed by atoms with E-state index in [0.29, 0.717) is 24.2 Å². The molecule has 0 radical (unpaired) electrons. The molecule has 110 valence electrons. The van der Waals surface area contributed by atoms with E-state index in [1.807, 2.05) is 0 Å². The standard InChI is InChI=1S/C13H16F3N3O/c14-13(15,16)9-3-4-10(8(6-9)7-17)19-5-1-2-11(19)12(18)20/h3-4,6,11H,1-2,5,7,17H2,(H2,18,20). The summed E-state index contributed by atoms with van der Waals surface area (Å²) in [5.74, 6) is -0.467. The minimum atomic E-state index is -4.41. The predicted molar refractivity (Wildman–Crippen MR) is 68.9 cm³/mol. The van der Waals surface area contributed by atoms with E-state index in [1.54, 1.807) is 4.90 Å². The zero-order valence-electron chi connectivity index (χ0n) is 10.8. The lowest BCUT2D eigenvalue weighted by Gasteiger charge is -2.27. The van der Waals surface area contributed by atoms with Crippen LogP contribution in [0.5, 0.6) is 0 Å². The van der Waals surface area contributed by atoms with Crippen LogP contribution in [-0.2, 0) is 17.5 Å². The first-order chi connectivity index (χ1) is 9.34. The van der Waals surface area contributed by atoms with Crippen molar-refractivity contribution >= 4 is 11.6 Å². The van der Waals surface area contributed by atoms with Crippen molar-refractivity contribution in [3.8, 4) is 0 Å². The van der Waals surface area contributed by atoms with Crippen LogP contribution in [0.1, 0.15) is 24.0 Å². The van der Waals surface area contributed by atoms with Crippen molar-refractivity contribution in [2.24, 2.45) is 11.5 Å². The molecule has 1 aromatic rings. The third-order valence-corrected chi connectivity index (χ3v) is 3.52. The SMILES string of the molecule is NCc1cc(C(F)(F)F)ccc1N1CCCC1C(N)=O. The van der Waals surface area contributed by atoms with Crippen molar-refractivity contribution in [1.82, 2.24) is 0 Å². The van der Waals surface area contributed by atoms with Gasteiger partial charge in [-0.2, -0.15) is 13.2 Å². The molecule has 1 aliphatic heterocycles. The molecule has 1 amide bonds. The number of amides is 1. The molecule has 0 aromatic heterocycles. The minimum absolute atomic E-state index is 0.0266. The molecular formula is C13H16F3N3O. The summed E-state index contributed by atoms with van der Waals surface area (Å²) in [7, 11) is 0. The number of benzene rings is 1. The lowest BCUT2D eigenvalue weighted by molar-refractivity contribution is -0.137. The van der Waals surface area contributed by atoms with Gasteiger partial charge in [-0.1, -0.05) is 0 Å². The van der Waals surface area contributed by atoms with Crippen LogP contribution in [0.15, 0.2) is 18.2 Å². The molecule has 2 rings (SSSR count). The topological polar surface area (TPSA) is 72.3 Å². The Bertz CT molecular complexity index is 516. The molecular weight excluding hydrogens is 271 g/mol. The first-order valence-electron chi connectivity index (χ1n) is 6.30. The number of carbonyl (C=O) groups excluding carboxylic acids is 1. The summed E-state index contributed by atoms with van der Waals surface area (Å²) in [5, 5.41) is 0. The van der Waals surface area contributed by atoms with Crippen LogP contribution in [0.3, 0.4) is 0 Å². The van der Waals surface area contributed by atoms with Gasteiger partial charge in [0.1, 0.15) is 6.04 Å². The number of alkyl halides is 3. The molecule has 1 heterocycles. The maximum Gasteiger partial charge on any atom is 0.416 e. The van der Waals surface area contributed by atoms with E-state index in [9.17, 15) is 18.0 Å². The largest absolute Gasteiger partial charge is 0.416 e. The van der Waals surface area contributed by atoms with E-state index in [1.165, 1.54) is 6.07 Å². The number of nitrogens with zero attached hydrogens (tertiary/aromatic N) is 1. The van der Waals surface area contributed by atoms with Gasteiger partial charge in [0.15, 0.2) is 0 Å². The van der Waals surface area contributed by atoms with E-state index in [0.717, 1.165) is 18.6 Å². The van der Waals surface area contributed by atoms with Crippen molar-refractivity contribution in [1.29, 1.82) is 0 Å². The normalized spacial score (nSPS) is 19.4. The fourth-order valence-electron chi connectivity index (χ4n) is 2.56. The zero-order valence-corrected chi connectivity index (χ0v) is 10.8. The number of hydrogen-bond donors (Lipinski definition) is 2. The Morgan fingerprint density at radius 1 is 1.40 bits per heavy atom. The maximum atomic E-state index is 12.7. The highest BCUT2D eigenvalue weighted by Crippen LogP contribution is 2.35. The van der Waals surface area contributed by atoms with Crippen LogP contribution in [-0.4, -0.2) is 18.5 Å². The Hall–Kier alpha value is -1.76. The predicted octanol–water partition coefficient (Wildman–Crippen LogP) is 1.62. The van der Waals surface area contributed by atoms with Crippen molar-refractivity contribution in [2.45, 2.75) is 31.6 Å². The maximum absolute atomic E-state index is 12.7. The lowest BCUT2D eigenvalue weighted by atomic mass is 10.1. The third kappa shape index (κ3) is 2.72. The van der Waals surface area contributed by atoms with Crippen LogP contribution in [0.25, 0.3) is 0 Å². The molecule has 7 heteroatoms. The van der Waals surface area contributed by atoms with Gasteiger partial charge < -0.3 is 16.4 Å². The van der Waals surface area contributed by atoms with Crippen LogP contribution in [0, 0.1) is 0 Å². The van der Waals surface area contributed by atoms with Gasteiger partial charge in [0.2, 0.25) is 5.91 Å². The molecule has 20 heavy (non-hydrogen) atoms. The number of anilines is 1. The second kappa shape index (κ2) is 5.32. The number of primary amides is 1. The Morgan fingerprint density at radius 3 is 2.65 bits per heavy atom. The van der Waals surface area contributed by atoms with Gasteiger partial charge >= 0.3 is 6.18 Å². The van der Waals surface area contributed by atoms with Gasteiger partial charge in [-0.25, -0.2) is 0 Å². The Morgan fingerprint density at radius 2 is 2.10 bits per heavy atom. The second-order valence-corrected chi connectivity index (χ2v) is 4.80. The van der Waals surface area contributed by atoms with E-state index >= 15 is 0 Å². The average Bonchev–Trinajstić information content (AvgIpc) is 2.86. The van der Waals surface area contributed by atoms with Crippen molar-refractivity contribution < 1.29 is 18.0 Å². The highest BCUT2D eigenvalue weighted by molar-refractivity contribution is 5.84. The van der Waals surface area contributed by atoms with Gasteiger partial charge in [-0.05, 0) is 36.6 Å². The van der Waals surface area contributed by atoms with Crippen LogP contribution in [0.2, 0.25) is 0 Å². The number of nitrogens with two attached hydrogens (primary N) is 2. The molecule has 1 saturated heterocycles. The van der Waals surface area contributed by atoms with Crippen molar-refractivity contribution in [3.05, 3.63) is 29.3 Å². The summed E-state index contributed by atoms with van der Waals surface area (Å²) in [6.07, 6.45) is -3.02. The lowest BCUT2D eigenvalue weighted by Crippen LogP contribution is -2.40. The minimum Gasteiger partial charge on any atom is -0.368 e. The summed E-state index contributed by atoms with van der Waals surface area (Å²) in [4.78, 5) is 13.1. The molecule has 1 aromatic carbocycles. The van der Waals surface area contributed by atoms with E-state index < -0.39 is 23.7 Å². The Balaban J connectivity index is 2.39. The molecule has 0 spiro atoms. The summed E-state index contributed by atoms with van der Waals surface area (Å²) >= 11 is 0. The van der Waals surface area contributed by atoms with Gasteiger partial charge in [-0.3, -0.25) is 4.79 Å². The third-order valence-electron chi connectivity index (χ3n) is 3.52. The molecule has 1 unspecified atom stereocenters. The van der Waals surface area contributed by atoms with Gasteiger partial charge in [0.25, 0.3) is 0 Å². The molecule has 0 bridgehead atoms. The monoisotopic (exact) mass is 287 g/mol. The summed E-state index contributed by atoms with van der Waals surface area (Å²) in [6.45, 7) is 0.563. The average molecular weight is 287 g/mol. The number of carbonyl (C=O) groups is 1. The van der Waals surface area contributed by atoms with Gasteiger partial charge in [0, 0.05) is 18.8 Å². The molecule has 1 atom stereocenters. The Kier molecular flexibility index (Phi) is 3.89. The second-order valence-electron chi connectivity index (χ2n) is 4.80. The van der Waals surface area contributed by atoms with Crippen LogP contribution >= 0.6 is 0 Å². The molecule has 1 aliphatic rings. The van der Waals surface area contributed by atoms with E-state index in [-0.39, 0.29) is 6.54 Å². The Labute approximate surface area is 114 Å².